The van der Waals surface area contributed by atoms with E-state index in [2.05, 4.69) is 10.3 Å². The Labute approximate surface area is 95.3 Å². The molecule has 0 bridgehead atoms. The molecule has 4 nitrogen and oxygen atoms in total. The van der Waals surface area contributed by atoms with Gasteiger partial charge in [0.2, 0.25) is 5.88 Å². The summed E-state index contributed by atoms with van der Waals surface area (Å²) in [7, 11) is 1.62. The molecule has 1 aliphatic rings. The monoisotopic (exact) mass is 220 g/mol. The molecule has 1 unspecified atom stereocenters. The average Bonchev–Trinajstić information content (AvgIpc) is 2.38. The Morgan fingerprint density at radius 2 is 2.56 bits per heavy atom. The molecular weight excluding hydrogens is 204 g/mol. The second kappa shape index (κ2) is 5.39. The fourth-order valence-corrected chi connectivity index (χ4v) is 1.65. The Morgan fingerprint density at radius 3 is 3.31 bits per heavy atom. The van der Waals surface area contributed by atoms with Gasteiger partial charge in [-0.3, -0.25) is 0 Å². The molecule has 0 saturated carbocycles. The molecule has 1 aromatic rings. The minimum atomic E-state index is 0.231. The van der Waals surface area contributed by atoms with Gasteiger partial charge in [0.05, 0.1) is 25.6 Å². The molecule has 2 heterocycles. The quantitative estimate of drug-likeness (QED) is 0.844. The Morgan fingerprint density at radius 1 is 1.62 bits per heavy atom. The summed E-state index contributed by atoms with van der Waals surface area (Å²) < 4.78 is 10.6. The van der Waals surface area contributed by atoms with Crippen LogP contribution in [0.2, 0.25) is 0 Å². The molecule has 1 N–H and O–H groups in total. The van der Waals surface area contributed by atoms with Crippen molar-refractivity contribution in [3.63, 3.8) is 0 Å². The zero-order valence-corrected chi connectivity index (χ0v) is 9.35. The maximum atomic E-state index is 5.47. The van der Waals surface area contributed by atoms with Gasteiger partial charge in [-0.2, -0.15) is 0 Å². The van der Waals surface area contributed by atoms with Gasteiger partial charge < -0.3 is 14.8 Å². The van der Waals surface area contributed by atoms with Crippen LogP contribution in [-0.2, 0) is 4.74 Å². The topological polar surface area (TPSA) is 43.4 Å². The summed E-state index contributed by atoms with van der Waals surface area (Å²) in [5.74, 6) is 0.619. The second-order valence-corrected chi connectivity index (χ2v) is 3.65. The van der Waals surface area contributed by atoms with E-state index in [-0.39, 0.29) is 6.10 Å². The maximum Gasteiger partial charge on any atom is 0.237 e. The molecule has 86 valence electrons. The zero-order valence-electron chi connectivity index (χ0n) is 9.35. The van der Waals surface area contributed by atoms with E-state index in [9.17, 15) is 0 Å². The number of aromatic nitrogens is 1. The summed E-state index contributed by atoms with van der Waals surface area (Å²) in [5.41, 5.74) is 0.906. The van der Waals surface area contributed by atoms with Gasteiger partial charge in [0.25, 0.3) is 0 Å². The van der Waals surface area contributed by atoms with E-state index in [0.29, 0.717) is 5.88 Å². The van der Waals surface area contributed by atoms with Crippen LogP contribution in [0.4, 0.5) is 5.69 Å². The van der Waals surface area contributed by atoms with Crippen LogP contribution in [0.15, 0.2) is 30.7 Å². The number of hydrogen-bond acceptors (Lipinski definition) is 4. The number of nitrogens with zero attached hydrogens (tertiary/aromatic N) is 1. The summed E-state index contributed by atoms with van der Waals surface area (Å²) in [6, 6.07) is 3.83. The summed E-state index contributed by atoms with van der Waals surface area (Å²) in [4.78, 5) is 4.12. The van der Waals surface area contributed by atoms with Crippen molar-refractivity contribution < 1.29 is 9.47 Å². The van der Waals surface area contributed by atoms with Crippen molar-refractivity contribution in [2.45, 2.75) is 18.9 Å². The van der Waals surface area contributed by atoms with Crippen LogP contribution in [0, 0.1) is 0 Å². The number of pyridine rings is 1. The fourth-order valence-electron chi connectivity index (χ4n) is 1.65. The SMILES string of the molecule is COc1ncccc1NCC1CCC=CO1. The second-order valence-electron chi connectivity index (χ2n) is 3.65. The van der Waals surface area contributed by atoms with Crippen molar-refractivity contribution in [3.8, 4) is 5.88 Å². The van der Waals surface area contributed by atoms with Gasteiger partial charge in [0, 0.05) is 6.20 Å². The van der Waals surface area contributed by atoms with E-state index < -0.39 is 0 Å². The van der Waals surface area contributed by atoms with Crippen LogP contribution in [-0.4, -0.2) is 24.7 Å². The van der Waals surface area contributed by atoms with Gasteiger partial charge in [0.1, 0.15) is 6.10 Å². The molecule has 4 heteroatoms. The third-order valence-corrected chi connectivity index (χ3v) is 2.51. The minimum absolute atomic E-state index is 0.231. The number of allylic oxidation sites excluding steroid dienone is 1. The molecule has 1 atom stereocenters. The lowest BCUT2D eigenvalue weighted by molar-refractivity contribution is 0.135. The molecule has 1 aromatic heterocycles. The van der Waals surface area contributed by atoms with E-state index in [4.69, 9.17) is 9.47 Å². The molecule has 0 fully saturated rings. The minimum Gasteiger partial charge on any atom is -0.497 e. The summed E-state index contributed by atoms with van der Waals surface area (Å²) in [5, 5.41) is 3.29. The molecule has 2 rings (SSSR count). The number of nitrogens with one attached hydrogen (secondary N) is 1. The van der Waals surface area contributed by atoms with E-state index >= 15 is 0 Å². The number of methoxy groups -OCH3 is 1. The predicted molar refractivity (Wildman–Crippen MR) is 62.5 cm³/mol. The van der Waals surface area contributed by atoms with E-state index in [1.54, 1.807) is 19.6 Å². The first-order valence-corrected chi connectivity index (χ1v) is 5.43. The van der Waals surface area contributed by atoms with Gasteiger partial charge in [-0.05, 0) is 31.1 Å². The Kier molecular flexibility index (Phi) is 3.64. The molecule has 1 aliphatic heterocycles. The van der Waals surface area contributed by atoms with Crippen LogP contribution in [0.5, 0.6) is 5.88 Å². The third kappa shape index (κ3) is 2.66. The lowest BCUT2D eigenvalue weighted by Gasteiger charge is -2.20. The first-order chi connectivity index (χ1) is 7.90. The van der Waals surface area contributed by atoms with Gasteiger partial charge >= 0.3 is 0 Å². The number of hydrogen-bond donors (Lipinski definition) is 1. The lowest BCUT2D eigenvalue weighted by atomic mass is 10.1. The maximum absolute atomic E-state index is 5.47. The molecule has 0 saturated heterocycles. The van der Waals surface area contributed by atoms with Crippen molar-refractivity contribution in [1.82, 2.24) is 4.98 Å². The Hall–Kier alpha value is -1.71. The Bertz CT molecular complexity index is 366. The lowest BCUT2D eigenvalue weighted by Crippen LogP contribution is -2.23. The van der Waals surface area contributed by atoms with Crippen molar-refractivity contribution >= 4 is 5.69 Å². The highest BCUT2D eigenvalue weighted by Crippen LogP contribution is 2.20. The standard InChI is InChI=1S/C12H16N2O2/c1-15-12-11(6-4-7-13-12)14-9-10-5-2-3-8-16-10/h3-4,6-8,10,14H,2,5,9H2,1H3. The molecule has 16 heavy (non-hydrogen) atoms. The van der Waals surface area contributed by atoms with Crippen LogP contribution < -0.4 is 10.1 Å². The zero-order chi connectivity index (χ0) is 11.2. The fraction of sp³-hybridized carbons (Fsp3) is 0.417. The van der Waals surface area contributed by atoms with Crippen molar-refractivity contribution in [2.24, 2.45) is 0 Å². The largest absolute Gasteiger partial charge is 0.497 e. The van der Waals surface area contributed by atoms with Crippen LogP contribution >= 0.6 is 0 Å². The van der Waals surface area contributed by atoms with Crippen molar-refractivity contribution in [3.05, 3.63) is 30.7 Å². The summed E-state index contributed by atoms with van der Waals surface area (Å²) in [6.45, 7) is 0.770. The van der Waals surface area contributed by atoms with Gasteiger partial charge in [-0.25, -0.2) is 4.98 Å². The molecule has 0 aromatic carbocycles. The van der Waals surface area contributed by atoms with Gasteiger partial charge in [-0.15, -0.1) is 0 Å². The predicted octanol–water partition coefficient (Wildman–Crippen LogP) is 2.19. The number of ether oxygens (including phenoxy) is 2. The number of anilines is 1. The van der Waals surface area contributed by atoms with Crippen LogP contribution in [0.3, 0.4) is 0 Å². The first kappa shape index (κ1) is 10.8. The molecule has 0 radical (unpaired) electrons. The van der Waals surface area contributed by atoms with E-state index in [0.717, 1.165) is 25.1 Å². The highest BCUT2D eigenvalue weighted by atomic mass is 16.5. The first-order valence-electron chi connectivity index (χ1n) is 5.43. The van der Waals surface area contributed by atoms with Crippen molar-refractivity contribution in [2.75, 3.05) is 19.0 Å². The highest BCUT2D eigenvalue weighted by molar-refractivity contribution is 5.51. The summed E-state index contributed by atoms with van der Waals surface area (Å²) >= 11 is 0. The van der Waals surface area contributed by atoms with E-state index in [1.165, 1.54) is 0 Å². The molecular formula is C12H16N2O2. The Balaban J connectivity index is 1.91. The smallest absolute Gasteiger partial charge is 0.237 e. The molecule has 0 amide bonds. The molecule has 0 spiro atoms. The van der Waals surface area contributed by atoms with Gasteiger partial charge in [-0.1, -0.05) is 0 Å². The average molecular weight is 220 g/mol. The number of rotatable bonds is 4. The summed E-state index contributed by atoms with van der Waals surface area (Å²) in [6.07, 6.45) is 7.89. The third-order valence-electron chi connectivity index (χ3n) is 2.51. The van der Waals surface area contributed by atoms with Gasteiger partial charge in [0.15, 0.2) is 0 Å². The normalized spacial score (nSPS) is 18.9. The molecule has 0 aliphatic carbocycles. The van der Waals surface area contributed by atoms with Crippen molar-refractivity contribution in [1.29, 1.82) is 0 Å². The highest BCUT2D eigenvalue weighted by Gasteiger charge is 2.11. The van der Waals surface area contributed by atoms with Crippen LogP contribution in [0.25, 0.3) is 0 Å². The van der Waals surface area contributed by atoms with Crippen LogP contribution in [0.1, 0.15) is 12.8 Å². The van der Waals surface area contributed by atoms with E-state index in [1.807, 2.05) is 18.2 Å².